The largest absolute Gasteiger partial charge is 0.311 e. The van der Waals surface area contributed by atoms with E-state index in [0.29, 0.717) is 13.1 Å². The Morgan fingerprint density at radius 3 is 1.62 bits per heavy atom. The van der Waals surface area contributed by atoms with Gasteiger partial charge in [0.25, 0.3) is 11.8 Å². The van der Waals surface area contributed by atoms with Gasteiger partial charge < -0.3 is 4.90 Å². The first-order valence-corrected chi connectivity index (χ1v) is 16.8. The zero-order chi connectivity index (χ0) is 29.8. The van der Waals surface area contributed by atoms with Gasteiger partial charge in [-0.2, -0.15) is 0 Å². The Labute approximate surface area is 282 Å². The highest BCUT2D eigenvalue weighted by Crippen LogP contribution is 2.35. The van der Waals surface area contributed by atoms with Crippen LogP contribution in [0.1, 0.15) is 29.2 Å². The van der Waals surface area contributed by atoms with E-state index >= 15 is 0 Å². The molecule has 1 aliphatic rings. The molecule has 2 heterocycles. The molecule has 212 valence electrons. The number of hydrogen-bond donors (Lipinski definition) is 0. The van der Waals surface area contributed by atoms with Gasteiger partial charge >= 0.3 is 0 Å². The molecule has 1 aliphatic heterocycles. The van der Waals surface area contributed by atoms with E-state index in [-0.39, 0.29) is 22.5 Å². The van der Waals surface area contributed by atoms with Crippen molar-refractivity contribution in [2.24, 2.45) is 0 Å². The van der Waals surface area contributed by atoms with Gasteiger partial charge in [-0.15, -0.1) is 11.3 Å². The van der Waals surface area contributed by atoms with Gasteiger partial charge in [0.1, 0.15) is 5.57 Å². The zero-order valence-corrected chi connectivity index (χ0v) is 28.9. The lowest BCUT2D eigenvalue weighted by molar-refractivity contribution is -0.133. The number of carbonyl (C=O) groups is 2. The minimum Gasteiger partial charge on any atom is -0.311 e. The van der Waals surface area contributed by atoms with Crippen molar-refractivity contribution in [3.05, 3.63) is 113 Å². The quantitative estimate of drug-likeness (QED) is 0.0772. The van der Waals surface area contributed by atoms with E-state index in [9.17, 15) is 9.59 Å². The molecule has 5 nitrogen and oxygen atoms in total. The molecule has 0 spiro atoms. The molecule has 3 aromatic carbocycles. The van der Waals surface area contributed by atoms with Crippen LogP contribution in [0.5, 0.6) is 0 Å². The summed E-state index contributed by atoms with van der Waals surface area (Å²) in [6.45, 7) is 4.55. The maximum absolute atomic E-state index is 13.0. The first-order chi connectivity index (χ1) is 20.3. The van der Waals surface area contributed by atoms with Crippen LogP contribution in [0.15, 0.2) is 90.5 Å². The van der Waals surface area contributed by atoms with E-state index < -0.39 is 0 Å². The fourth-order valence-electron chi connectivity index (χ4n) is 4.60. The summed E-state index contributed by atoms with van der Waals surface area (Å²) >= 11 is 11.5. The molecular weight excluding hydrogens is 788 g/mol. The van der Waals surface area contributed by atoms with Crippen molar-refractivity contribution in [3.8, 4) is 0 Å². The van der Waals surface area contributed by atoms with E-state index in [1.54, 1.807) is 6.08 Å². The van der Waals surface area contributed by atoms with Crippen LogP contribution in [-0.4, -0.2) is 39.8 Å². The highest BCUT2D eigenvalue weighted by molar-refractivity contribution is 14.1. The lowest BCUT2D eigenvalue weighted by Crippen LogP contribution is -2.55. The number of anilines is 3. The highest BCUT2D eigenvalue weighted by atomic mass is 127. The SMILES string of the molecule is CCN1C(=O)C(=Cc2ccc(/C=C/c3ccc(N(c4ccc(I)cc4)c4ccc(I)cc4)cc3)s2)C(=O)N(CC)C1=S. The molecule has 0 aliphatic carbocycles. The first kappa shape index (κ1) is 30.6. The number of benzene rings is 3. The second-order valence-electron chi connectivity index (χ2n) is 9.39. The van der Waals surface area contributed by atoms with Gasteiger partial charge in [-0.25, -0.2) is 0 Å². The summed E-state index contributed by atoms with van der Waals surface area (Å²) in [5.74, 6) is -0.681. The van der Waals surface area contributed by atoms with Crippen LogP contribution < -0.4 is 4.90 Å². The molecule has 0 atom stereocenters. The topological polar surface area (TPSA) is 43.9 Å². The Hall–Kier alpha value is -2.87. The Balaban J connectivity index is 1.36. The third-order valence-electron chi connectivity index (χ3n) is 6.74. The Kier molecular flexibility index (Phi) is 9.92. The Bertz CT molecular complexity index is 1600. The number of halogens is 2. The van der Waals surface area contributed by atoms with Gasteiger partial charge in [-0.1, -0.05) is 18.2 Å². The summed E-state index contributed by atoms with van der Waals surface area (Å²) in [4.78, 5) is 33.0. The van der Waals surface area contributed by atoms with Gasteiger partial charge in [0, 0.05) is 47.0 Å². The second kappa shape index (κ2) is 13.6. The average molecular weight is 816 g/mol. The molecule has 2 amide bonds. The lowest BCUT2D eigenvalue weighted by atomic mass is 10.1. The molecule has 0 N–H and O–H groups in total. The van der Waals surface area contributed by atoms with Crippen molar-refractivity contribution < 1.29 is 9.59 Å². The van der Waals surface area contributed by atoms with Gasteiger partial charge in [-0.3, -0.25) is 19.4 Å². The van der Waals surface area contributed by atoms with Crippen LogP contribution in [-0.2, 0) is 9.59 Å². The molecule has 4 aromatic rings. The predicted octanol–water partition coefficient (Wildman–Crippen LogP) is 8.98. The van der Waals surface area contributed by atoms with Gasteiger partial charge in [0.05, 0.1) is 0 Å². The maximum atomic E-state index is 13.0. The third kappa shape index (κ3) is 6.69. The third-order valence-corrected chi connectivity index (χ3v) is 9.62. The van der Waals surface area contributed by atoms with Crippen LogP contribution in [0.3, 0.4) is 0 Å². The molecule has 0 bridgehead atoms. The summed E-state index contributed by atoms with van der Waals surface area (Å²) in [6, 6.07) is 29.4. The van der Waals surface area contributed by atoms with Crippen LogP contribution in [0, 0.1) is 7.14 Å². The summed E-state index contributed by atoms with van der Waals surface area (Å²) in [5, 5.41) is 0.271. The van der Waals surface area contributed by atoms with Crippen molar-refractivity contribution in [2.45, 2.75) is 13.8 Å². The predicted molar refractivity (Wildman–Crippen MR) is 195 cm³/mol. The molecular formula is C33H27I2N3O2S2. The van der Waals surface area contributed by atoms with Crippen molar-refractivity contribution >= 4 is 121 Å². The maximum Gasteiger partial charge on any atom is 0.265 e. The highest BCUT2D eigenvalue weighted by Gasteiger charge is 2.37. The molecule has 0 radical (unpaired) electrons. The van der Waals surface area contributed by atoms with Crippen molar-refractivity contribution in [1.29, 1.82) is 0 Å². The molecule has 0 unspecified atom stereocenters. The van der Waals surface area contributed by atoms with Crippen molar-refractivity contribution in [1.82, 2.24) is 9.80 Å². The van der Waals surface area contributed by atoms with Gasteiger partial charge in [0.2, 0.25) is 0 Å². The minimum atomic E-state index is -0.340. The van der Waals surface area contributed by atoms with E-state index in [1.165, 1.54) is 28.3 Å². The van der Waals surface area contributed by atoms with Crippen molar-refractivity contribution in [2.75, 3.05) is 18.0 Å². The number of carbonyl (C=O) groups excluding carboxylic acids is 2. The minimum absolute atomic E-state index is 0.145. The zero-order valence-electron chi connectivity index (χ0n) is 23.0. The lowest BCUT2D eigenvalue weighted by Gasteiger charge is -2.35. The van der Waals surface area contributed by atoms with E-state index in [2.05, 4.69) is 129 Å². The van der Waals surface area contributed by atoms with Crippen LogP contribution in [0.25, 0.3) is 18.2 Å². The number of amides is 2. The number of rotatable bonds is 8. The number of likely N-dealkylation sites (N-methyl/N-ethyl adjacent to an activating group) is 2. The van der Waals surface area contributed by atoms with Gasteiger partial charge in [-0.05, 0) is 162 Å². The summed E-state index contributed by atoms with van der Waals surface area (Å²) in [5.41, 5.74) is 4.48. The van der Waals surface area contributed by atoms with Crippen LogP contribution in [0.4, 0.5) is 17.1 Å². The Morgan fingerprint density at radius 1 is 0.690 bits per heavy atom. The van der Waals surface area contributed by atoms with Gasteiger partial charge in [0.15, 0.2) is 5.11 Å². The first-order valence-electron chi connectivity index (χ1n) is 13.4. The Morgan fingerprint density at radius 2 is 1.14 bits per heavy atom. The monoisotopic (exact) mass is 815 g/mol. The molecule has 9 heteroatoms. The number of thiocarbonyl (C=S) groups is 1. The number of nitrogens with zero attached hydrogens (tertiary/aromatic N) is 3. The van der Waals surface area contributed by atoms with E-state index in [0.717, 1.165) is 32.4 Å². The summed E-state index contributed by atoms with van der Waals surface area (Å²) in [7, 11) is 0. The molecule has 1 fully saturated rings. The fourth-order valence-corrected chi connectivity index (χ4v) is 6.60. The smallest absolute Gasteiger partial charge is 0.265 e. The molecule has 0 saturated carbocycles. The van der Waals surface area contributed by atoms with Crippen LogP contribution >= 0.6 is 68.7 Å². The molecule has 5 rings (SSSR count). The molecule has 1 saturated heterocycles. The fraction of sp³-hybridized carbons (Fsp3) is 0.121. The number of hydrogen-bond acceptors (Lipinski definition) is 5. The standard InChI is InChI=1S/C33H27I2N3O2S2/c1-3-36-31(39)30(32(40)37(4-2)33(36)41)21-29-20-19-28(42-29)18-7-22-5-12-25(13-6-22)38(26-14-8-23(34)9-15-26)27-16-10-24(35)11-17-27/h5-21H,3-4H2,1-2H3/b18-7+. The normalized spacial score (nSPS) is 13.8. The van der Waals surface area contributed by atoms with Crippen LogP contribution in [0.2, 0.25) is 0 Å². The van der Waals surface area contributed by atoms with E-state index in [4.69, 9.17) is 12.2 Å². The average Bonchev–Trinajstić information content (AvgIpc) is 3.45. The summed E-state index contributed by atoms with van der Waals surface area (Å²) < 4.78 is 2.39. The van der Waals surface area contributed by atoms with Crippen molar-refractivity contribution in [3.63, 3.8) is 0 Å². The summed E-state index contributed by atoms with van der Waals surface area (Å²) in [6.07, 6.45) is 5.80. The molecule has 42 heavy (non-hydrogen) atoms. The van der Waals surface area contributed by atoms with E-state index in [1.807, 2.05) is 32.1 Å². The second-order valence-corrected chi connectivity index (χ2v) is 13.4. The number of thiophene rings is 1. The molecule has 1 aromatic heterocycles.